The number of nitrogens with one attached hydrogen (secondary N) is 2. The van der Waals surface area contributed by atoms with Crippen LogP contribution in [-0.4, -0.2) is 24.5 Å². The summed E-state index contributed by atoms with van der Waals surface area (Å²) in [7, 11) is 1.73. The highest BCUT2D eigenvalue weighted by atomic mass is 127. The highest BCUT2D eigenvalue weighted by Gasteiger charge is 2.04. The second kappa shape index (κ2) is 9.82. The van der Waals surface area contributed by atoms with Crippen molar-refractivity contribution in [2.24, 2.45) is 4.99 Å². The maximum absolute atomic E-state index is 12.8. The monoisotopic (exact) mass is 448 g/mol. The van der Waals surface area contributed by atoms with Crippen molar-refractivity contribution < 1.29 is 4.39 Å². The molecule has 2 N–H and O–H groups in total. The van der Waals surface area contributed by atoms with Crippen molar-refractivity contribution in [3.63, 3.8) is 0 Å². The molecule has 1 heterocycles. The average Bonchev–Trinajstić information content (AvgIpc) is 2.83. The van der Waals surface area contributed by atoms with Gasteiger partial charge in [0.25, 0.3) is 0 Å². The first kappa shape index (κ1) is 19.8. The van der Waals surface area contributed by atoms with Crippen LogP contribution in [0.15, 0.2) is 29.3 Å². The molecule has 0 aliphatic carbocycles. The van der Waals surface area contributed by atoms with Gasteiger partial charge in [0.05, 0.1) is 10.7 Å². The molecule has 0 unspecified atom stereocenters. The van der Waals surface area contributed by atoms with Crippen LogP contribution in [0.4, 0.5) is 4.39 Å². The standard InChI is InChI=1S/C16H21FN4S.HI/c1-11-12(2)22-15(21-11)8-9-19-16(18-3)20-10-13-4-6-14(17)7-5-13;/h4-7H,8-10H2,1-3H3,(H2,18,19,20);1H. The number of aryl methyl sites for hydroxylation is 2. The normalized spacial score (nSPS) is 11.0. The van der Waals surface area contributed by atoms with Crippen LogP contribution in [0.3, 0.4) is 0 Å². The summed E-state index contributed by atoms with van der Waals surface area (Å²) in [6, 6.07) is 6.44. The van der Waals surface area contributed by atoms with Crippen molar-refractivity contribution in [3.8, 4) is 0 Å². The van der Waals surface area contributed by atoms with Crippen LogP contribution in [0.25, 0.3) is 0 Å². The van der Waals surface area contributed by atoms with Crippen LogP contribution >= 0.6 is 35.3 Å². The molecule has 0 radical (unpaired) electrons. The van der Waals surface area contributed by atoms with E-state index in [1.807, 2.05) is 6.92 Å². The minimum absolute atomic E-state index is 0. The Morgan fingerprint density at radius 3 is 2.48 bits per heavy atom. The molecular formula is C16H22FIN4S. The Kier molecular flexibility index (Phi) is 8.46. The molecular weight excluding hydrogens is 426 g/mol. The molecule has 1 aromatic carbocycles. The average molecular weight is 448 g/mol. The van der Waals surface area contributed by atoms with Crippen LogP contribution in [0.1, 0.15) is 21.1 Å². The smallest absolute Gasteiger partial charge is 0.191 e. The maximum atomic E-state index is 12.8. The van der Waals surface area contributed by atoms with Gasteiger partial charge in [0.1, 0.15) is 5.82 Å². The Hall–Kier alpha value is -1.22. The Morgan fingerprint density at radius 2 is 1.91 bits per heavy atom. The van der Waals surface area contributed by atoms with Crippen LogP contribution in [0, 0.1) is 19.7 Å². The summed E-state index contributed by atoms with van der Waals surface area (Å²) in [5, 5.41) is 7.60. The van der Waals surface area contributed by atoms with E-state index in [0.717, 1.165) is 35.2 Å². The van der Waals surface area contributed by atoms with E-state index in [1.165, 1.54) is 17.0 Å². The van der Waals surface area contributed by atoms with E-state index in [9.17, 15) is 4.39 Å². The van der Waals surface area contributed by atoms with Crippen LogP contribution in [0.2, 0.25) is 0 Å². The fraction of sp³-hybridized carbons (Fsp3) is 0.375. The lowest BCUT2D eigenvalue weighted by Crippen LogP contribution is -2.37. The predicted molar refractivity (Wildman–Crippen MR) is 105 cm³/mol. The third kappa shape index (κ3) is 6.42. The molecule has 7 heteroatoms. The van der Waals surface area contributed by atoms with Gasteiger partial charge in [-0.2, -0.15) is 0 Å². The molecule has 0 spiro atoms. The highest BCUT2D eigenvalue weighted by molar-refractivity contribution is 14.0. The first-order valence-corrected chi connectivity index (χ1v) is 8.02. The van der Waals surface area contributed by atoms with E-state index in [2.05, 4.69) is 27.5 Å². The number of hydrogen-bond donors (Lipinski definition) is 2. The zero-order chi connectivity index (χ0) is 15.9. The van der Waals surface area contributed by atoms with Gasteiger partial charge in [0.2, 0.25) is 0 Å². The molecule has 0 bridgehead atoms. The first-order valence-electron chi connectivity index (χ1n) is 7.20. The number of nitrogens with zero attached hydrogens (tertiary/aromatic N) is 2. The summed E-state index contributed by atoms with van der Waals surface area (Å²) in [4.78, 5) is 9.97. The molecule has 0 saturated carbocycles. The van der Waals surface area contributed by atoms with E-state index in [4.69, 9.17) is 0 Å². The second-order valence-electron chi connectivity index (χ2n) is 4.98. The van der Waals surface area contributed by atoms with Crippen molar-refractivity contribution in [1.82, 2.24) is 15.6 Å². The Balaban J connectivity index is 0.00000264. The largest absolute Gasteiger partial charge is 0.356 e. The maximum Gasteiger partial charge on any atom is 0.191 e. The molecule has 2 aromatic rings. The topological polar surface area (TPSA) is 49.3 Å². The van der Waals surface area contributed by atoms with E-state index < -0.39 is 0 Å². The minimum atomic E-state index is -0.222. The summed E-state index contributed by atoms with van der Waals surface area (Å²) in [6.45, 7) is 5.50. The van der Waals surface area contributed by atoms with E-state index in [1.54, 1.807) is 30.5 Å². The summed E-state index contributed by atoms with van der Waals surface area (Å²) in [5.41, 5.74) is 2.12. The minimum Gasteiger partial charge on any atom is -0.356 e. The zero-order valence-corrected chi connectivity index (χ0v) is 16.7. The number of aromatic nitrogens is 1. The second-order valence-corrected chi connectivity index (χ2v) is 6.27. The van der Waals surface area contributed by atoms with Gasteiger partial charge >= 0.3 is 0 Å². The molecule has 0 aliphatic rings. The van der Waals surface area contributed by atoms with Gasteiger partial charge in [-0.25, -0.2) is 9.37 Å². The molecule has 0 saturated heterocycles. The molecule has 2 rings (SSSR count). The first-order chi connectivity index (χ1) is 10.6. The number of hydrogen-bond acceptors (Lipinski definition) is 3. The van der Waals surface area contributed by atoms with Gasteiger partial charge in [-0.1, -0.05) is 12.1 Å². The third-order valence-electron chi connectivity index (χ3n) is 3.30. The van der Waals surface area contributed by atoms with Crippen molar-refractivity contribution in [2.75, 3.05) is 13.6 Å². The molecule has 126 valence electrons. The molecule has 0 atom stereocenters. The van der Waals surface area contributed by atoms with Gasteiger partial charge in [-0.05, 0) is 31.5 Å². The predicted octanol–water partition coefficient (Wildman–Crippen LogP) is 3.42. The summed E-state index contributed by atoms with van der Waals surface area (Å²) >= 11 is 1.74. The molecule has 23 heavy (non-hydrogen) atoms. The molecule has 0 aliphatic heterocycles. The van der Waals surface area contributed by atoms with Crippen molar-refractivity contribution in [3.05, 3.63) is 51.2 Å². The fourth-order valence-electron chi connectivity index (χ4n) is 1.94. The SMILES string of the molecule is CN=C(NCCc1nc(C)c(C)s1)NCc1ccc(F)cc1.I. The van der Waals surface area contributed by atoms with Crippen molar-refractivity contribution >= 4 is 41.3 Å². The van der Waals surface area contributed by atoms with Crippen molar-refractivity contribution in [1.29, 1.82) is 0 Å². The fourth-order valence-corrected chi connectivity index (χ4v) is 2.88. The van der Waals surface area contributed by atoms with Gasteiger partial charge < -0.3 is 10.6 Å². The molecule has 0 fully saturated rings. The zero-order valence-electron chi connectivity index (χ0n) is 13.5. The lowest BCUT2D eigenvalue weighted by Gasteiger charge is -2.11. The number of thiazole rings is 1. The number of benzene rings is 1. The van der Waals surface area contributed by atoms with E-state index in [-0.39, 0.29) is 29.8 Å². The summed E-state index contributed by atoms with van der Waals surface area (Å²) in [5.74, 6) is 0.509. The van der Waals surface area contributed by atoms with Crippen molar-refractivity contribution in [2.45, 2.75) is 26.8 Å². The summed E-state index contributed by atoms with van der Waals surface area (Å²) < 4.78 is 12.8. The lowest BCUT2D eigenvalue weighted by atomic mass is 10.2. The highest BCUT2D eigenvalue weighted by Crippen LogP contribution is 2.16. The third-order valence-corrected chi connectivity index (χ3v) is 4.43. The van der Waals surface area contributed by atoms with Crippen LogP contribution < -0.4 is 10.6 Å². The van der Waals surface area contributed by atoms with Gasteiger partial charge in [-0.15, -0.1) is 35.3 Å². The van der Waals surface area contributed by atoms with E-state index in [0.29, 0.717) is 6.54 Å². The molecule has 0 amide bonds. The van der Waals surface area contributed by atoms with E-state index >= 15 is 0 Å². The molecule has 1 aromatic heterocycles. The van der Waals surface area contributed by atoms with Gasteiger partial charge in [-0.3, -0.25) is 4.99 Å². The summed E-state index contributed by atoms with van der Waals surface area (Å²) in [6.07, 6.45) is 0.872. The number of guanidine groups is 1. The molecule has 4 nitrogen and oxygen atoms in total. The Labute approximate surface area is 157 Å². The van der Waals surface area contributed by atoms with Crippen LogP contribution in [-0.2, 0) is 13.0 Å². The number of aliphatic imine (C=N–C) groups is 1. The lowest BCUT2D eigenvalue weighted by molar-refractivity contribution is 0.626. The number of halogens is 2. The Morgan fingerprint density at radius 1 is 1.22 bits per heavy atom. The quantitative estimate of drug-likeness (QED) is 0.419. The van der Waals surface area contributed by atoms with Gasteiger partial charge in [0.15, 0.2) is 5.96 Å². The van der Waals surface area contributed by atoms with Gasteiger partial charge in [0, 0.05) is 31.4 Å². The Bertz CT molecular complexity index is 621. The number of rotatable bonds is 5. The van der Waals surface area contributed by atoms with Crippen LogP contribution in [0.5, 0.6) is 0 Å².